The molecule has 7 nitrogen and oxygen atoms in total. The molecule has 0 heterocycles. The van der Waals surface area contributed by atoms with Crippen molar-refractivity contribution in [2.45, 2.75) is 26.4 Å². The largest absolute Gasteiger partial charge is 2.00 e. The van der Waals surface area contributed by atoms with Crippen LogP contribution in [-0.4, -0.2) is 79.1 Å². The van der Waals surface area contributed by atoms with Gasteiger partial charge in [0.05, 0.1) is 12.6 Å². The maximum atomic E-state index is 10.0. The maximum Gasteiger partial charge on any atom is 2.00 e. The minimum Gasteiger partial charge on any atom is -0.550 e. The molecule has 17 heavy (non-hydrogen) atoms. The maximum absolute atomic E-state index is 10.0. The minimum atomic E-state index is -1.61. The number of aliphatic hydroxyl groups excluding tert-OH is 2. The second-order valence-corrected chi connectivity index (χ2v) is 3.78. The van der Waals surface area contributed by atoms with E-state index in [4.69, 9.17) is 15.9 Å². The van der Waals surface area contributed by atoms with Crippen LogP contribution in [0, 0.1) is 5.41 Å². The van der Waals surface area contributed by atoms with Crippen LogP contribution in [0.1, 0.15) is 20.3 Å². The van der Waals surface area contributed by atoms with Crippen molar-refractivity contribution in [2.24, 2.45) is 11.1 Å². The van der Waals surface area contributed by atoms with E-state index in [0.29, 0.717) is 0 Å². The molecule has 0 aliphatic heterocycles. The van der Waals surface area contributed by atoms with Crippen molar-refractivity contribution in [3.05, 3.63) is 0 Å². The number of carboxylic acids is 2. The predicted octanol–water partition coefficient (Wildman–Crippen LogP) is -4.18. The van der Waals surface area contributed by atoms with E-state index in [1.165, 1.54) is 13.8 Å². The molecule has 0 saturated heterocycles. The van der Waals surface area contributed by atoms with Gasteiger partial charge >= 0.3 is 37.7 Å². The van der Waals surface area contributed by atoms with E-state index in [1.54, 1.807) is 0 Å². The summed E-state index contributed by atoms with van der Waals surface area (Å²) in [6.07, 6.45) is -1.66. The van der Waals surface area contributed by atoms with Gasteiger partial charge in [-0.2, -0.15) is 0 Å². The summed E-state index contributed by atoms with van der Waals surface area (Å²) in [5.74, 6) is -2.64. The fraction of sp³-hybridized carbons (Fsp3) is 0.778. The molecule has 4 N–H and O–H groups in total. The molecule has 0 rings (SSSR count). The monoisotopic (exact) mass is 275 g/mol. The van der Waals surface area contributed by atoms with Crippen molar-refractivity contribution >= 4 is 49.7 Å². The first-order valence-corrected chi connectivity index (χ1v) is 4.58. The molecule has 0 aliphatic carbocycles. The molecule has 0 aromatic rings. The zero-order valence-electron chi connectivity index (χ0n) is 10.0. The number of hydrogen-bond donors (Lipinski definition) is 3. The van der Waals surface area contributed by atoms with Gasteiger partial charge in [-0.1, -0.05) is 13.8 Å². The molecule has 0 fully saturated rings. The second kappa shape index (κ2) is 11.2. The number of hydrogen-bond acceptors (Lipinski definition) is 7. The van der Waals surface area contributed by atoms with Gasteiger partial charge in [0.2, 0.25) is 0 Å². The molecule has 0 saturated carbocycles. The van der Waals surface area contributed by atoms with Gasteiger partial charge < -0.3 is 35.7 Å². The van der Waals surface area contributed by atoms with Crippen LogP contribution in [0.2, 0.25) is 0 Å². The van der Waals surface area contributed by atoms with Crippen LogP contribution < -0.4 is 15.9 Å². The van der Waals surface area contributed by atoms with Crippen LogP contribution in [0.4, 0.5) is 0 Å². The first kappa shape index (κ1) is 22.3. The Bertz CT molecular complexity index is 234. The number of aliphatic carboxylic acids is 2. The van der Waals surface area contributed by atoms with Gasteiger partial charge in [-0.3, -0.25) is 0 Å². The average molecular weight is 275 g/mol. The van der Waals surface area contributed by atoms with E-state index in [-0.39, 0.29) is 57.3 Å². The number of aliphatic hydroxyl groups is 2. The molecule has 0 amide bonds. The Kier molecular flexibility index (Phi) is 14.7. The third kappa shape index (κ3) is 12.3. The Labute approximate surface area is 130 Å². The summed E-state index contributed by atoms with van der Waals surface area (Å²) >= 11 is 0. The molecule has 0 aromatic carbocycles. The smallest absolute Gasteiger partial charge is 0.550 e. The summed E-state index contributed by atoms with van der Waals surface area (Å²) < 4.78 is 0. The summed E-state index contributed by atoms with van der Waals surface area (Å²) in [4.78, 5) is 19.4. The molecule has 0 spiro atoms. The Morgan fingerprint density at radius 3 is 1.82 bits per heavy atom. The van der Waals surface area contributed by atoms with Gasteiger partial charge in [0.1, 0.15) is 6.10 Å². The van der Waals surface area contributed by atoms with Gasteiger partial charge in [0.15, 0.2) is 0 Å². The van der Waals surface area contributed by atoms with Crippen LogP contribution in [0.3, 0.4) is 0 Å². The zero-order valence-corrected chi connectivity index (χ0v) is 12.2. The van der Waals surface area contributed by atoms with Crippen molar-refractivity contribution in [1.29, 1.82) is 0 Å². The first-order valence-electron chi connectivity index (χ1n) is 4.58. The van der Waals surface area contributed by atoms with Gasteiger partial charge in [-0.15, -0.1) is 0 Å². The summed E-state index contributed by atoms with van der Waals surface area (Å²) in [6.45, 7) is 2.66. The first-order chi connectivity index (χ1) is 7.18. The summed E-state index contributed by atoms with van der Waals surface area (Å²) in [5, 5.41) is 36.8. The molecular weight excluding hydrogens is 258 g/mol. The molecule has 8 heteroatoms. The number of carboxylic acid groups (broad SMARTS) is 2. The van der Waals surface area contributed by atoms with Gasteiger partial charge in [0.25, 0.3) is 0 Å². The Balaban J connectivity index is -0.000000244. The minimum absolute atomic E-state index is 0. The van der Waals surface area contributed by atoms with Crippen LogP contribution in [-0.2, 0) is 9.59 Å². The van der Waals surface area contributed by atoms with Crippen molar-refractivity contribution < 1.29 is 30.0 Å². The van der Waals surface area contributed by atoms with E-state index in [0.717, 1.165) is 0 Å². The SMILES string of the molecule is CC(C)(CO)[C@@H](O)C(=O)[O-].NCCC(=O)[O-].[Ca+2]. The van der Waals surface area contributed by atoms with Crippen LogP contribution in [0.25, 0.3) is 0 Å². The number of carbonyl (C=O) groups is 2. The summed E-state index contributed by atoms with van der Waals surface area (Å²) in [6, 6.07) is 0. The van der Waals surface area contributed by atoms with Gasteiger partial charge in [-0.25, -0.2) is 0 Å². The molecule has 0 radical (unpaired) electrons. The van der Waals surface area contributed by atoms with Crippen LogP contribution >= 0.6 is 0 Å². The van der Waals surface area contributed by atoms with Gasteiger partial charge in [0, 0.05) is 11.4 Å². The third-order valence-electron chi connectivity index (χ3n) is 1.72. The van der Waals surface area contributed by atoms with E-state index < -0.39 is 23.5 Å². The molecular formula is C9H17CaNO6. The summed E-state index contributed by atoms with van der Waals surface area (Å²) in [7, 11) is 0. The zero-order chi connectivity index (χ0) is 13.4. The summed E-state index contributed by atoms with van der Waals surface area (Å²) in [5.41, 5.74) is 3.78. The van der Waals surface area contributed by atoms with Gasteiger partial charge in [-0.05, 0) is 13.0 Å². The molecule has 0 bridgehead atoms. The van der Waals surface area contributed by atoms with Crippen LogP contribution in [0.15, 0.2) is 0 Å². The Hall–Kier alpha value is 0.0797. The van der Waals surface area contributed by atoms with E-state index in [1.807, 2.05) is 0 Å². The molecule has 1 atom stereocenters. The van der Waals surface area contributed by atoms with Crippen molar-refractivity contribution in [3.63, 3.8) is 0 Å². The number of nitrogens with two attached hydrogens (primary N) is 1. The van der Waals surface area contributed by atoms with Crippen molar-refractivity contribution in [1.82, 2.24) is 0 Å². The van der Waals surface area contributed by atoms with Crippen molar-refractivity contribution in [2.75, 3.05) is 13.2 Å². The molecule has 0 aliphatic rings. The third-order valence-corrected chi connectivity index (χ3v) is 1.72. The fourth-order valence-corrected chi connectivity index (χ4v) is 0.523. The Morgan fingerprint density at radius 1 is 1.35 bits per heavy atom. The van der Waals surface area contributed by atoms with E-state index in [9.17, 15) is 19.8 Å². The normalized spacial score (nSPS) is 11.6. The second-order valence-electron chi connectivity index (χ2n) is 3.78. The topological polar surface area (TPSA) is 147 Å². The number of carbonyl (C=O) groups excluding carboxylic acids is 2. The Morgan fingerprint density at radius 2 is 1.76 bits per heavy atom. The van der Waals surface area contributed by atoms with Crippen LogP contribution in [0.5, 0.6) is 0 Å². The quantitative estimate of drug-likeness (QED) is 0.431. The molecule has 96 valence electrons. The number of rotatable bonds is 5. The van der Waals surface area contributed by atoms with E-state index in [2.05, 4.69) is 0 Å². The fourth-order valence-electron chi connectivity index (χ4n) is 0.523. The molecule has 0 unspecified atom stereocenters. The molecule has 0 aromatic heterocycles. The van der Waals surface area contributed by atoms with Crippen molar-refractivity contribution in [3.8, 4) is 0 Å². The average Bonchev–Trinajstić information content (AvgIpc) is 2.17. The standard InChI is InChI=1S/C6H12O4.C3H7NO2.Ca/c1-6(2,3-7)4(8)5(9)10;4-2-1-3(5)6;/h4,7-8H,3H2,1-2H3,(H,9,10);1-2,4H2,(H,5,6);/q;;+2/p-2/t4-;;/m0../s1. The van der Waals surface area contributed by atoms with E-state index >= 15 is 0 Å². The predicted molar refractivity (Wildman–Crippen MR) is 56.3 cm³/mol.